The van der Waals surface area contributed by atoms with E-state index < -0.39 is 0 Å². The fourth-order valence-electron chi connectivity index (χ4n) is 2.86. The van der Waals surface area contributed by atoms with Gasteiger partial charge < -0.3 is 9.84 Å². The van der Waals surface area contributed by atoms with Crippen LogP contribution < -0.4 is 0 Å². The Kier molecular flexibility index (Phi) is 4.65. The molecule has 3 nitrogen and oxygen atoms in total. The van der Waals surface area contributed by atoms with Crippen LogP contribution in [0.1, 0.15) is 17.2 Å². The molecule has 0 radical (unpaired) electrons. The molecule has 0 aromatic heterocycles. The Morgan fingerprint density at radius 2 is 1.67 bits per heavy atom. The van der Waals surface area contributed by atoms with E-state index in [2.05, 4.69) is 53.4 Å². The first-order valence-electron chi connectivity index (χ1n) is 7.42. The molecule has 0 unspecified atom stereocenters. The van der Waals surface area contributed by atoms with Gasteiger partial charge in [0, 0.05) is 13.1 Å². The summed E-state index contributed by atoms with van der Waals surface area (Å²) in [5, 5.41) is 9.38. The van der Waals surface area contributed by atoms with Crippen molar-refractivity contribution in [3.05, 3.63) is 71.8 Å². The Labute approximate surface area is 125 Å². The highest BCUT2D eigenvalue weighted by molar-refractivity contribution is 5.21. The lowest BCUT2D eigenvalue weighted by Crippen LogP contribution is -2.45. The molecule has 1 saturated heterocycles. The van der Waals surface area contributed by atoms with Crippen LogP contribution in [0.3, 0.4) is 0 Å². The van der Waals surface area contributed by atoms with Crippen LogP contribution in [-0.2, 0) is 11.3 Å². The highest BCUT2D eigenvalue weighted by Crippen LogP contribution is 2.27. The standard InChI is InChI=1S/C18H21NO2/c20-13-17-12-19(11-15-7-3-1-4-8-15)18(14-21-17)16-9-5-2-6-10-16/h1-10,17-18,20H,11-14H2/t17-,18-/m0/s1. The summed E-state index contributed by atoms with van der Waals surface area (Å²) in [5.41, 5.74) is 2.56. The summed E-state index contributed by atoms with van der Waals surface area (Å²) in [7, 11) is 0. The number of ether oxygens (including phenoxy) is 1. The first kappa shape index (κ1) is 14.3. The maximum absolute atomic E-state index is 9.38. The Morgan fingerprint density at radius 3 is 2.33 bits per heavy atom. The smallest absolute Gasteiger partial charge is 0.0933 e. The van der Waals surface area contributed by atoms with Crippen molar-refractivity contribution in [2.45, 2.75) is 18.7 Å². The first-order valence-corrected chi connectivity index (χ1v) is 7.42. The molecule has 2 atom stereocenters. The largest absolute Gasteiger partial charge is 0.394 e. The molecule has 3 rings (SSSR count). The van der Waals surface area contributed by atoms with Crippen molar-refractivity contribution in [1.29, 1.82) is 0 Å². The number of hydrogen-bond acceptors (Lipinski definition) is 3. The monoisotopic (exact) mass is 283 g/mol. The van der Waals surface area contributed by atoms with Gasteiger partial charge in [0.05, 0.1) is 25.4 Å². The molecule has 1 fully saturated rings. The number of aliphatic hydroxyl groups is 1. The van der Waals surface area contributed by atoms with E-state index in [1.165, 1.54) is 11.1 Å². The minimum Gasteiger partial charge on any atom is -0.394 e. The predicted molar refractivity (Wildman–Crippen MR) is 82.9 cm³/mol. The zero-order valence-electron chi connectivity index (χ0n) is 12.1. The third-order valence-corrected chi connectivity index (χ3v) is 3.99. The van der Waals surface area contributed by atoms with Gasteiger partial charge in [0.15, 0.2) is 0 Å². The van der Waals surface area contributed by atoms with Crippen LogP contribution in [0.15, 0.2) is 60.7 Å². The molecule has 2 aromatic carbocycles. The number of rotatable bonds is 4. The lowest BCUT2D eigenvalue weighted by Gasteiger charge is -2.39. The Hall–Kier alpha value is -1.68. The van der Waals surface area contributed by atoms with E-state index in [1.54, 1.807) is 0 Å². The van der Waals surface area contributed by atoms with Crippen molar-refractivity contribution in [3.63, 3.8) is 0 Å². The molecule has 1 aliphatic heterocycles. The van der Waals surface area contributed by atoms with Crippen molar-refractivity contribution in [2.24, 2.45) is 0 Å². The third kappa shape index (κ3) is 3.50. The van der Waals surface area contributed by atoms with E-state index in [4.69, 9.17) is 4.74 Å². The van der Waals surface area contributed by atoms with Crippen LogP contribution in [0.4, 0.5) is 0 Å². The van der Waals surface area contributed by atoms with Crippen LogP contribution in [0.25, 0.3) is 0 Å². The minimum atomic E-state index is -0.0892. The Morgan fingerprint density at radius 1 is 1.00 bits per heavy atom. The predicted octanol–water partition coefficient (Wildman–Crippen LogP) is 2.62. The molecule has 1 aliphatic rings. The minimum absolute atomic E-state index is 0.0762. The first-order chi connectivity index (χ1) is 10.4. The Balaban J connectivity index is 1.80. The van der Waals surface area contributed by atoms with Gasteiger partial charge in [0.1, 0.15) is 0 Å². The number of morpholine rings is 1. The summed E-state index contributed by atoms with van der Waals surface area (Å²) in [4.78, 5) is 2.40. The van der Waals surface area contributed by atoms with Crippen LogP contribution >= 0.6 is 0 Å². The summed E-state index contributed by atoms with van der Waals surface area (Å²) in [6, 6.07) is 21.2. The van der Waals surface area contributed by atoms with Gasteiger partial charge in [-0.3, -0.25) is 4.90 Å². The van der Waals surface area contributed by atoms with Gasteiger partial charge in [-0.25, -0.2) is 0 Å². The lowest BCUT2D eigenvalue weighted by atomic mass is 10.0. The number of benzene rings is 2. The van der Waals surface area contributed by atoms with Crippen molar-refractivity contribution >= 4 is 0 Å². The van der Waals surface area contributed by atoms with Crippen molar-refractivity contribution in [2.75, 3.05) is 19.8 Å². The fourth-order valence-corrected chi connectivity index (χ4v) is 2.86. The fraction of sp³-hybridized carbons (Fsp3) is 0.333. The van der Waals surface area contributed by atoms with Gasteiger partial charge in [-0.1, -0.05) is 60.7 Å². The maximum atomic E-state index is 9.38. The normalized spacial score (nSPS) is 23.1. The highest BCUT2D eigenvalue weighted by atomic mass is 16.5. The van der Waals surface area contributed by atoms with Gasteiger partial charge in [-0.2, -0.15) is 0 Å². The number of nitrogens with zero attached hydrogens (tertiary/aromatic N) is 1. The second-order valence-corrected chi connectivity index (χ2v) is 5.48. The molecule has 1 N–H and O–H groups in total. The molecule has 110 valence electrons. The second kappa shape index (κ2) is 6.85. The van der Waals surface area contributed by atoms with E-state index in [1.807, 2.05) is 12.1 Å². The van der Waals surface area contributed by atoms with Gasteiger partial charge in [-0.05, 0) is 11.1 Å². The van der Waals surface area contributed by atoms with Crippen LogP contribution in [0.5, 0.6) is 0 Å². The van der Waals surface area contributed by atoms with Crippen molar-refractivity contribution in [3.8, 4) is 0 Å². The SMILES string of the molecule is OC[C@@H]1CN(Cc2ccccc2)[C@H](c2ccccc2)CO1. The molecule has 0 aliphatic carbocycles. The quantitative estimate of drug-likeness (QED) is 0.936. The highest BCUT2D eigenvalue weighted by Gasteiger charge is 2.29. The van der Waals surface area contributed by atoms with Gasteiger partial charge in [0.25, 0.3) is 0 Å². The lowest BCUT2D eigenvalue weighted by molar-refractivity contribution is -0.0866. The average molecular weight is 283 g/mol. The molecule has 0 bridgehead atoms. The van der Waals surface area contributed by atoms with E-state index in [0.717, 1.165) is 13.1 Å². The zero-order valence-corrected chi connectivity index (χ0v) is 12.1. The average Bonchev–Trinajstić information content (AvgIpc) is 2.56. The molecule has 1 heterocycles. The van der Waals surface area contributed by atoms with Crippen LogP contribution in [0.2, 0.25) is 0 Å². The molecule has 0 amide bonds. The summed E-state index contributed by atoms with van der Waals surface area (Å²) in [6.45, 7) is 2.33. The Bertz CT molecular complexity index is 544. The van der Waals surface area contributed by atoms with E-state index in [0.29, 0.717) is 6.61 Å². The third-order valence-electron chi connectivity index (χ3n) is 3.99. The van der Waals surface area contributed by atoms with E-state index in [-0.39, 0.29) is 18.8 Å². The van der Waals surface area contributed by atoms with Gasteiger partial charge >= 0.3 is 0 Å². The second-order valence-electron chi connectivity index (χ2n) is 5.48. The summed E-state index contributed by atoms with van der Waals surface area (Å²) < 4.78 is 5.77. The molecule has 0 saturated carbocycles. The zero-order chi connectivity index (χ0) is 14.5. The summed E-state index contributed by atoms with van der Waals surface area (Å²) >= 11 is 0. The van der Waals surface area contributed by atoms with Gasteiger partial charge in [0.2, 0.25) is 0 Å². The maximum Gasteiger partial charge on any atom is 0.0933 e. The topological polar surface area (TPSA) is 32.7 Å². The molecule has 0 spiro atoms. The molecule has 2 aromatic rings. The van der Waals surface area contributed by atoms with Crippen LogP contribution in [-0.4, -0.2) is 35.9 Å². The molecular weight excluding hydrogens is 262 g/mol. The van der Waals surface area contributed by atoms with Crippen molar-refractivity contribution < 1.29 is 9.84 Å². The van der Waals surface area contributed by atoms with E-state index >= 15 is 0 Å². The molecule has 21 heavy (non-hydrogen) atoms. The molecule has 3 heteroatoms. The van der Waals surface area contributed by atoms with Gasteiger partial charge in [-0.15, -0.1) is 0 Å². The van der Waals surface area contributed by atoms with Crippen molar-refractivity contribution in [1.82, 2.24) is 4.90 Å². The van der Waals surface area contributed by atoms with E-state index in [9.17, 15) is 5.11 Å². The number of aliphatic hydroxyl groups excluding tert-OH is 1. The summed E-state index contributed by atoms with van der Waals surface area (Å²) in [6.07, 6.45) is -0.0892. The number of hydrogen-bond donors (Lipinski definition) is 1. The summed E-state index contributed by atoms with van der Waals surface area (Å²) in [5.74, 6) is 0. The molecular formula is C18H21NO2. The van der Waals surface area contributed by atoms with Crippen LogP contribution in [0, 0.1) is 0 Å².